The number of hydrogen-bond acceptors (Lipinski definition) is 2. The molecule has 146 valence electrons. The molecule has 1 aromatic heterocycles. The second-order valence-electron chi connectivity index (χ2n) is 6.86. The highest BCUT2D eigenvalue weighted by Gasteiger charge is 2.28. The molecule has 0 unspecified atom stereocenters. The summed E-state index contributed by atoms with van der Waals surface area (Å²) in [6, 6.07) is 1.28. The van der Waals surface area contributed by atoms with E-state index in [-0.39, 0.29) is 12.0 Å². The van der Waals surface area contributed by atoms with Gasteiger partial charge < -0.3 is 9.78 Å². The highest BCUT2D eigenvalue weighted by atomic mass is 19.2. The van der Waals surface area contributed by atoms with Crippen LogP contribution in [-0.4, -0.2) is 11.3 Å². The normalized spacial score (nSPS) is 11.7. The van der Waals surface area contributed by atoms with Gasteiger partial charge in [-0.2, -0.15) is 0 Å². The molecule has 0 atom stereocenters. The van der Waals surface area contributed by atoms with E-state index in [1.54, 1.807) is 0 Å². The highest BCUT2D eigenvalue weighted by molar-refractivity contribution is 5.56. The molecule has 0 aliphatic carbocycles. The van der Waals surface area contributed by atoms with Crippen molar-refractivity contribution in [2.24, 2.45) is 0 Å². The van der Waals surface area contributed by atoms with Gasteiger partial charge in [0.2, 0.25) is 5.82 Å². The Hall–Kier alpha value is -2.51. The molecule has 0 aliphatic rings. The minimum absolute atomic E-state index is 0.0698. The minimum Gasteiger partial charge on any atom is -0.325 e. The zero-order chi connectivity index (χ0) is 20.5. The lowest BCUT2D eigenvalue weighted by Gasteiger charge is -2.25. The van der Waals surface area contributed by atoms with Crippen LogP contribution < -0.4 is 5.56 Å². The molecule has 0 spiro atoms. The SMILES string of the molecule is CCC(C)(C)c1[nH]c(=O)c(Cc2c(F)c(F)c(F)c(F)c2F)cc1CC=O. The first-order chi connectivity index (χ1) is 12.5. The van der Waals surface area contributed by atoms with Crippen molar-refractivity contribution in [1.29, 1.82) is 0 Å². The van der Waals surface area contributed by atoms with Crippen LogP contribution in [0.5, 0.6) is 0 Å². The number of nitrogens with one attached hydrogen (secondary N) is 1. The first-order valence-corrected chi connectivity index (χ1v) is 8.24. The number of H-pyrrole nitrogens is 1. The third kappa shape index (κ3) is 3.79. The summed E-state index contributed by atoms with van der Waals surface area (Å²) in [7, 11) is 0. The van der Waals surface area contributed by atoms with E-state index in [0.29, 0.717) is 24.0 Å². The summed E-state index contributed by atoms with van der Waals surface area (Å²) in [6.07, 6.45) is 0.357. The third-order valence-electron chi connectivity index (χ3n) is 4.73. The Kier molecular flexibility index (Phi) is 5.87. The number of halogens is 5. The minimum atomic E-state index is -2.26. The predicted molar refractivity (Wildman–Crippen MR) is 89.2 cm³/mol. The van der Waals surface area contributed by atoms with E-state index in [0.717, 1.165) is 0 Å². The van der Waals surface area contributed by atoms with Crippen LogP contribution in [0.25, 0.3) is 0 Å². The number of pyridine rings is 1. The molecule has 1 heterocycles. The van der Waals surface area contributed by atoms with Crippen molar-refractivity contribution in [3.8, 4) is 0 Å². The number of benzene rings is 1. The van der Waals surface area contributed by atoms with Crippen molar-refractivity contribution >= 4 is 6.29 Å². The summed E-state index contributed by atoms with van der Waals surface area (Å²) in [5.41, 5.74) is -1.59. The standard InChI is InChI=1S/C19H18F5NO2/c1-4-19(2,3)17-9(5-6-26)7-10(18(27)25-17)8-11-12(20)14(22)16(24)15(23)13(11)21/h6-7H,4-5,8H2,1-3H3,(H,25,27). The first-order valence-electron chi connectivity index (χ1n) is 8.24. The van der Waals surface area contributed by atoms with Crippen molar-refractivity contribution in [2.75, 3.05) is 0 Å². The summed E-state index contributed by atoms with van der Waals surface area (Å²) in [6.45, 7) is 5.57. The van der Waals surface area contributed by atoms with E-state index in [2.05, 4.69) is 4.98 Å². The van der Waals surface area contributed by atoms with Gasteiger partial charge in [0.05, 0.1) is 0 Å². The fourth-order valence-corrected chi connectivity index (χ4v) is 2.78. The van der Waals surface area contributed by atoms with Gasteiger partial charge in [-0.3, -0.25) is 4.79 Å². The van der Waals surface area contributed by atoms with Gasteiger partial charge in [-0.25, -0.2) is 22.0 Å². The number of aldehydes is 1. The summed E-state index contributed by atoms with van der Waals surface area (Å²) >= 11 is 0. The number of carbonyl (C=O) groups excluding carboxylic acids is 1. The van der Waals surface area contributed by atoms with Gasteiger partial charge in [0.25, 0.3) is 5.56 Å². The maximum atomic E-state index is 13.9. The number of aromatic amines is 1. The lowest BCUT2D eigenvalue weighted by Crippen LogP contribution is -2.27. The fourth-order valence-electron chi connectivity index (χ4n) is 2.78. The molecule has 0 bridgehead atoms. The molecule has 0 radical (unpaired) electrons. The Bertz CT molecular complexity index is 921. The van der Waals surface area contributed by atoms with E-state index in [1.807, 2.05) is 20.8 Å². The molecule has 0 aliphatic heterocycles. The number of rotatable bonds is 6. The van der Waals surface area contributed by atoms with Crippen LogP contribution in [0.3, 0.4) is 0 Å². The molecule has 3 nitrogen and oxygen atoms in total. The first kappa shape index (κ1) is 20.8. The Morgan fingerprint density at radius 1 is 0.963 bits per heavy atom. The molecular weight excluding hydrogens is 369 g/mol. The quantitative estimate of drug-likeness (QED) is 0.351. The average molecular weight is 387 g/mol. The van der Waals surface area contributed by atoms with E-state index in [1.165, 1.54) is 6.07 Å². The van der Waals surface area contributed by atoms with Crippen LogP contribution in [0.4, 0.5) is 22.0 Å². The summed E-state index contributed by atoms with van der Waals surface area (Å²) < 4.78 is 67.7. The third-order valence-corrected chi connectivity index (χ3v) is 4.73. The molecular formula is C19H18F5NO2. The summed E-state index contributed by atoms with van der Waals surface area (Å²) in [5, 5.41) is 0. The Morgan fingerprint density at radius 3 is 1.96 bits per heavy atom. The molecule has 2 rings (SSSR count). The average Bonchev–Trinajstić information content (AvgIpc) is 2.64. The lowest BCUT2D eigenvalue weighted by atomic mass is 9.82. The van der Waals surface area contributed by atoms with E-state index >= 15 is 0 Å². The molecule has 2 aromatic rings. The largest absolute Gasteiger partial charge is 0.325 e. The Balaban J connectivity index is 2.64. The van der Waals surface area contributed by atoms with Crippen LogP contribution >= 0.6 is 0 Å². The number of aromatic nitrogens is 1. The van der Waals surface area contributed by atoms with Crippen LogP contribution in [0.1, 0.15) is 49.6 Å². The maximum Gasteiger partial charge on any atom is 0.251 e. The van der Waals surface area contributed by atoms with Crippen molar-refractivity contribution in [3.05, 3.63) is 67.9 Å². The van der Waals surface area contributed by atoms with E-state index < -0.39 is 52.0 Å². The molecule has 8 heteroatoms. The molecule has 1 N–H and O–H groups in total. The lowest BCUT2D eigenvalue weighted by molar-refractivity contribution is -0.107. The van der Waals surface area contributed by atoms with Crippen LogP contribution in [-0.2, 0) is 23.1 Å². The Labute approximate surface area is 152 Å². The zero-order valence-electron chi connectivity index (χ0n) is 15.0. The number of hydrogen-bond donors (Lipinski definition) is 1. The number of carbonyl (C=O) groups is 1. The summed E-state index contributed by atoms with van der Waals surface area (Å²) in [5.74, 6) is -10.4. The highest BCUT2D eigenvalue weighted by Crippen LogP contribution is 2.29. The van der Waals surface area contributed by atoms with Crippen LogP contribution in [0, 0.1) is 29.1 Å². The van der Waals surface area contributed by atoms with Gasteiger partial charge in [0.1, 0.15) is 6.29 Å². The fraction of sp³-hybridized carbons (Fsp3) is 0.368. The van der Waals surface area contributed by atoms with E-state index in [4.69, 9.17) is 0 Å². The van der Waals surface area contributed by atoms with Crippen molar-refractivity contribution in [1.82, 2.24) is 4.98 Å². The molecule has 0 saturated carbocycles. The van der Waals surface area contributed by atoms with Crippen molar-refractivity contribution in [3.63, 3.8) is 0 Å². The molecule has 0 amide bonds. The Morgan fingerprint density at radius 2 is 1.48 bits per heavy atom. The van der Waals surface area contributed by atoms with Crippen molar-refractivity contribution in [2.45, 2.75) is 45.4 Å². The van der Waals surface area contributed by atoms with Gasteiger partial charge >= 0.3 is 0 Å². The second-order valence-corrected chi connectivity index (χ2v) is 6.86. The molecule has 1 aromatic carbocycles. The van der Waals surface area contributed by atoms with Gasteiger partial charge in [-0.1, -0.05) is 20.8 Å². The van der Waals surface area contributed by atoms with Gasteiger partial charge in [0.15, 0.2) is 23.3 Å². The van der Waals surface area contributed by atoms with E-state index in [9.17, 15) is 31.5 Å². The predicted octanol–water partition coefficient (Wildman–Crippen LogP) is 4.09. The van der Waals surface area contributed by atoms with Gasteiger partial charge in [-0.05, 0) is 18.1 Å². The molecule has 0 saturated heterocycles. The maximum absolute atomic E-state index is 13.9. The topological polar surface area (TPSA) is 49.9 Å². The second kappa shape index (κ2) is 7.62. The van der Waals surface area contributed by atoms with Gasteiger partial charge in [0, 0.05) is 35.1 Å². The molecule has 27 heavy (non-hydrogen) atoms. The monoisotopic (exact) mass is 387 g/mol. The van der Waals surface area contributed by atoms with Crippen LogP contribution in [0.15, 0.2) is 10.9 Å². The smallest absolute Gasteiger partial charge is 0.251 e. The van der Waals surface area contributed by atoms with Crippen molar-refractivity contribution < 1.29 is 26.7 Å². The zero-order valence-corrected chi connectivity index (χ0v) is 15.0. The van der Waals surface area contributed by atoms with Gasteiger partial charge in [-0.15, -0.1) is 0 Å². The van der Waals surface area contributed by atoms with Crippen LogP contribution in [0.2, 0.25) is 0 Å². The molecule has 0 fully saturated rings. The summed E-state index contributed by atoms with van der Waals surface area (Å²) in [4.78, 5) is 26.0.